The van der Waals surface area contributed by atoms with E-state index in [-0.39, 0.29) is 16.9 Å². The minimum atomic E-state index is -0.460. The maximum atomic E-state index is 12.2. The van der Waals surface area contributed by atoms with Crippen LogP contribution in [0.3, 0.4) is 0 Å². The average Bonchev–Trinajstić information content (AvgIpc) is 2.43. The molecular weight excluding hydrogens is 262 g/mol. The van der Waals surface area contributed by atoms with Crippen LogP contribution in [0.2, 0.25) is 0 Å². The van der Waals surface area contributed by atoms with Crippen LogP contribution in [0.4, 0.5) is 0 Å². The molecule has 2 atom stereocenters. The van der Waals surface area contributed by atoms with E-state index in [0.717, 1.165) is 19.0 Å². The first-order valence-electron chi connectivity index (χ1n) is 8.36. The van der Waals surface area contributed by atoms with Crippen LogP contribution in [0.15, 0.2) is 0 Å². The zero-order valence-electron chi connectivity index (χ0n) is 14.8. The van der Waals surface area contributed by atoms with E-state index in [0.29, 0.717) is 6.54 Å². The Hall–Kier alpha value is -0.610. The molecule has 1 aliphatic heterocycles. The first-order valence-corrected chi connectivity index (χ1v) is 8.36. The number of carbonyl (C=O) groups is 1. The molecule has 124 valence electrons. The predicted molar refractivity (Wildman–Crippen MR) is 89.1 cm³/mol. The van der Waals surface area contributed by atoms with Crippen molar-refractivity contribution in [1.29, 1.82) is 0 Å². The Kier molecular flexibility index (Phi) is 6.23. The fourth-order valence-corrected chi connectivity index (χ4v) is 2.87. The summed E-state index contributed by atoms with van der Waals surface area (Å²) in [4.78, 5) is 14.7. The maximum Gasteiger partial charge on any atom is 0.237 e. The molecule has 1 amide bonds. The second-order valence-corrected chi connectivity index (χ2v) is 8.24. The van der Waals surface area contributed by atoms with Crippen LogP contribution >= 0.6 is 0 Å². The highest BCUT2D eigenvalue weighted by Gasteiger charge is 2.33. The number of nitrogens with one attached hydrogen (secondary N) is 1. The predicted octanol–water partition coefficient (Wildman–Crippen LogP) is 2.38. The molecule has 4 heteroatoms. The van der Waals surface area contributed by atoms with Crippen molar-refractivity contribution < 1.29 is 4.79 Å². The molecule has 0 aromatic heterocycles. The van der Waals surface area contributed by atoms with Crippen molar-refractivity contribution in [3.05, 3.63) is 0 Å². The Bertz CT molecular complexity index is 346. The van der Waals surface area contributed by atoms with Gasteiger partial charge in [-0.3, -0.25) is 9.69 Å². The third-order valence-corrected chi connectivity index (χ3v) is 4.86. The summed E-state index contributed by atoms with van der Waals surface area (Å²) in [6.45, 7) is 15.6. The molecular formula is C17H35N3O. The second-order valence-electron chi connectivity index (χ2n) is 8.24. The lowest BCUT2D eigenvalue weighted by Gasteiger charge is -2.44. The number of piperidine rings is 1. The van der Waals surface area contributed by atoms with Gasteiger partial charge >= 0.3 is 0 Å². The second kappa shape index (κ2) is 7.10. The molecule has 1 saturated heterocycles. The fraction of sp³-hybridized carbons (Fsp3) is 0.941. The van der Waals surface area contributed by atoms with Gasteiger partial charge < -0.3 is 11.1 Å². The van der Waals surface area contributed by atoms with Crippen molar-refractivity contribution >= 4 is 5.91 Å². The van der Waals surface area contributed by atoms with Crippen LogP contribution in [-0.4, -0.2) is 42.0 Å². The third kappa shape index (κ3) is 5.26. The van der Waals surface area contributed by atoms with E-state index in [1.165, 1.54) is 19.3 Å². The van der Waals surface area contributed by atoms with Gasteiger partial charge in [0, 0.05) is 18.6 Å². The standard InChI is InChI=1S/C17H35N3O/c1-7-13-9-8-10-20(11-13)17(5,6)12-19-15(21)14(18)16(2,3)4/h13-14H,7-12,18H2,1-6H3,(H,19,21)/t13?,14-/m1/s1. The number of likely N-dealkylation sites (tertiary alicyclic amines) is 1. The quantitative estimate of drug-likeness (QED) is 0.819. The van der Waals surface area contributed by atoms with Gasteiger partial charge in [-0.25, -0.2) is 0 Å². The minimum Gasteiger partial charge on any atom is -0.353 e. The Morgan fingerprint density at radius 3 is 2.48 bits per heavy atom. The van der Waals surface area contributed by atoms with Gasteiger partial charge in [-0.15, -0.1) is 0 Å². The summed E-state index contributed by atoms with van der Waals surface area (Å²) in [5, 5.41) is 3.05. The monoisotopic (exact) mass is 297 g/mol. The first-order chi connectivity index (χ1) is 9.58. The topological polar surface area (TPSA) is 58.4 Å². The Morgan fingerprint density at radius 1 is 1.33 bits per heavy atom. The number of carbonyl (C=O) groups excluding carboxylic acids is 1. The fourth-order valence-electron chi connectivity index (χ4n) is 2.87. The van der Waals surface area contributed by atoms with Gasteiger partial charge in [-0.2, -0.15) is 0 Å². The van der Waals surface area contributed by atoms with Crippen molar-refractivity contribution in [3.8, 4) is 0 Å². The van der Waals surface area contributed by atoms with Crippen molar-refractivity contribution in [3.63, 3.8) is 0 Å². The van der Waals surface area contributed by atoms with Gasteiger partial charge in [-0.05, 0) is 44.6 Å². The van der Waals surface area contributed by atoms with Crippen LogP contribution in [-0.2, 0) is 4.79 Å². The lowest BCUT2D eigenvalue weighted by atomic mass is 9.86. The molecule has 4 nitrogen and oxygen atoms in total. The number of rotatable bonds is 5. The molecule has 1 rings (SSSR count). The lowest BCUT2D eigenvalue weighted by molar-refractivity contribution is -0.125. The van der Waals surface area contributed by atoms with Crippen molar-refractivity contribution in [2.45, 2.75) is 72.4 Å². The summed E-state index contributed by atoms with van der Waals surface area (Å²) >= 11 is 0. The highest BCUT2D eigenvalue weighted by Crippen LogP contribution is 2.25. The Labute approximate surface area is 130 Å². The van der Waals surface area contributed by atoms with E-state index < -0.39 is 6.04 Å². The van der Waals surface area contributed by atoms with E-state index in [9.17, 15) is 4.79 Å². The third-order valence-electron chi connectivity index (χ3n) is 4.86. The maximum absolute atomic E-state index is 12.2. The number of hydrogen-bond donors (Lipinski definition) is 2. The number of nitrogens with zero attached hydrogens (tertiary/aromatic N) is 1. The summed E-state index contributed by atoms with van der Waals surface area (Å²) < 4.78 is 0. The van der Waals surface area contributed by atoms with Crippen molar-refractivity contribution in [2.24, 2.45) is 17.1 Å². The van der Waals surface area contributed by atoms with E-state index in [1.54, 1.807) is 0 Å². The Morgan fingerprint density at radius 2 is 1.95 bits per heavy atom. The highest BCUT2D eigenvalue weighted by atomic mass is 16.2. The largest absolute Gasteiger partial charge is 0.353 e. The molecule has 0 radical (unpaired) electrons. The molecule has 0 spiro atoms. The normalized spacial score (nSPS) is 22.9. The van der Waals surface area contributed by atoms with Gasteiger partial charge in [0.1, 0.15) is 0 Å². The molecule has 1 fully saturated rings. The molecule has 0 saturated carbocycles. The number of hydrogen-bond acceptors (Lipinski definition) is 3. The first kappa shape index (κ1) is 18.4. The van der Waals surface area contributed by atoms with Gasteiger partial charge in [0.15, 0.2) is 0 Å². The van der Waals surface area contributed by atoms with Crippen molar-refractivity contribution in [2.75, 3.05) is 19.6 Å². The summed E-state index contributed by atoms with van der Waals surface area (Å²) in [5.41, 5.74) is 5.81. The van der Waals surface area contributed by atoms with Gasteiger partial charge in [0.2, 0.25) is 5.91 Å². The smallest absolute Gasteiger partial charge is 0.237 e. The Balaban J connectivity index is 2.54. The number of amides is 1. The molecule has 3 N–H and O–H groups in total. The summed E-state index contributed by atoms with van der Waals surface area (Å²) in [5.74, 6) is 0.755. The minimum absolute atomic E-state index is 0.0128. The summed E-state index contributed by atoms with van der Waals surface area (Å²) in [6.07, 6.45) is 3.84. The average molecular weight is 297 g/mol. The van der Waals surface area contributed by atoms with Gasteiger partial charge in [-0.1, -0.05) is 34.1 Å². The van der Waals surface area contributed by atoms with Crippen LogP contribution in [0.1, 0.15) is 60.8 Å². The molecule has 21 heavy (non-hydrogen) atoms. The molecule has 0 aromatic rings. The van der Waals surface area contributed by atoms with E-state index >= 15 is 0 Å². The van der Waals surface area contributed by atoms with E-state index in [2.05, 4.69) is 31.0 Å². The van der Waals surface area contributed by atoms with Crippen molar-refractivity contribution in [1.82, 2.24) is 10.2 Å². The zero-order valence-corrected chi connectivity index (χ0v) is 14.8. The van der Waals surface area contributed by atoms with Gasteiger partial charge in [0.05, 0.1) is 6.04 Å². The lowest BCUT2D eigenvalue weighted by Crippen LogP contribution is -2.57. The van der Waals surface area contributed by atoms with Crippen LogP contribution in [0.25, 0.3) is 0 Å². The molecule has 0 aromatic carbocycles. The molecule has 1 aliphatic rings. The summed E-state index contributed by atoms with van der Waals surface area (Å²) in [6, 6.07) is -0.460. The van der Waals surface area contributed by atoms with Crippen LogP contribution in [0, 0.1) is 11.3 Å². The number of nitrogens with two attached hydrogens (primary N) is 1. The molecule has 0 bridgehead atoms. The van der Waals surface area contributed by atoms with Crippen LogP contribution in [0.5, 0.6) is 0 Å². The van der Waals surface area contributed by atoms with E-state index in [4.69, 9.17) is 5.73 Å². The summed E-state index contributed by atoms with van der Waals surface area (Å²) in [7, 11) is 0. The molecule has 1 unspecified atom stereocenters. The highest BCUT2D eigenvalue weighted by molar-refractivity contribution is 5.82. The van der Waals surface area contributed by atoms with E-state index in [1.807, 2.05) is 20.8 Å². The van der Waals surface area contributed by atoms with Crippen LogP contribution < -0.4 is 11.1 Å². The molecule has 1 heterocycles. The molecule has 0 aliphatic carbocycles. The van der Waals surface area contributed by atoms with Gasteiger partial charge in [0.25, 0.3) is 0 Å². The SMILES string of the molecule is CCC1CCCN(C(C)(C)CNC(=O)[C@@H](N)C(C)(C)C)C1. The zero-order chi connectivity index (χ0) is 16.3.